The molecule has 4 heteroatoms. The summed E-state index contributed by atoms with van der Waals surface area (Å²) in [4.78, 5) is 21.9. The van der Waals surface area contributed by atoms with Crippen LogP contribution in [-0.4, -0.2) is 11.9 Å². The van der Waals surface area contributed by atoms with Crippen molar-refractivity contribution in [2.45, 2.75) is 20.8 Å². The largest absolute Gasteiger partial charge is 0.427 e. The Balaban J connectivity index is 2.64. The molecule has 1 rings (SSSR count). The van der Waals surface area contributed by atoms with Gasteiger partial charge in [0.2, 0.25) is 0 Å². The Morgan fingerprint density at radius 2 is 1.44 bits per heavy atom. The fourth-order valence-electron chi connectivity index (χ4n) is 0.976. The molecule has 1 aromatic carbocycles. The Kier molecular flexibility index (Phi) is 4.05. The molecular weight excluding hydrogens is 208 g/mol. The third-order valence-electron chi connectivity index (χ3n) is 1.78. The second-order valence-corrected chi connectivity index (χ2v) is 3.64. The van der Waals surface area contributed by atoms with Crippen molar-refractivity contribution in [2.75, 3.05) is 0 Å². The van der Waals surface area contributed by atoms with Crippen molar-refractivity contribution < 1.29 is 19.1 Å². The van der Waals surface area contributed by atoms with Gasteiger partial charge >= 0.3 is 11.9 Å². The van der Waals surface area contributed by atoms with Crippen LogP contribution in [0, 0.1) is 5.92 Å². The van der Waals surface area contributed by atoms with Crippen LogP contribution in [0.5, 0.6) is 11.5 Å². The van der Waals surface area contributed by atoms with Gasteiger partial charge in [0.1, 0.15) is 11.5 Å². The van der Waals surface area contributed by atoms with E-state index in [1.165, 1.54) is 6.92 Å². The van der Waals surface area contributed by atoms with Crippen molar-refractivity contribution in [3.05, 3.63) is 24.3 Å². The second-order valence-electron chi connectivity index (χ2n) is 3.64. The molecular formula is C12H14O4. The first-order valence-corrected chi connectivity index (χ1v) is 4.99. The van der Waals surface area contributed by atoms with Crippen molar-refractivity contribution in [3.8, 4) is 11.5 Å². The van der Waals surface area contributed by atoms with Gasteiger partial charge in [-0.05, 0) is 24.3 Å². The molecule has 0 bridgehead atoms. The molecule has 0 aromatic heterocycles. The van der Waals surface area contributed by atoms with Crippen molar-refractivity contribution >= 4 is 11.9 Å². The molecule has 0 atom stereocenters. The highest BCUT2D eigenvalue weighted by Crippen LogP contribution is 2.18. The van der Waals surface area contributed by atoms with E-state index in [1.807, 2.05) is 0 Å². The van der Waals surface area contributed by atoms with Crippen molar-refractivity contribution in [1.82, 2.24) is 0 Å². The van der Waals surface area contributed by atoms with Crippen LogP contribution in [0.15, 0.2) is 24.3 Å². The third kappa shape index (κ3) is 3.73. The molecule has 0 fully saturated rings. The summed E-state index contributed by atoms with van der Waals surface area (Å²) < 4.78 is 9.90. The molecule has 0 radical (unpaired) electrons. The maximum absolute atomic E-state index is 11.3. The molecule has 86 valence electrons. The van der Waals surface area contributed by atoms with E-state index < -0.39 is 0 Å². The Morgan fingerprint density at radius 3 is 1.81 bits per heavy atom. The molecule has 0 spiro atoms. The number of carbonyl (C=O) groups is 2. The Labute approximate surface area is 94.2 Å². The summed E-state index contributed by atoms with van der Waals surface area (Å²) in [6.45, 7) is 4.85. The second kappa shape index (κ2) is 5.30. The summed E-state index contributed by atoms with van der Waals surface area (Å²) in [5.41, 5.74) is 0. The molecule has 0 saturated carbocycles. The molecule has 0 saturated heterocycles. The van der Waals surface area contributed by atoms with E-state index in [9.17, 15) is 9.59 Å². The summed E-state index contributed by atoms with van der Waals surface area (Å²) in [5.74, 6) is 0.0201. The van der Waals surface area contributed by atoms with Crippen LogP contribution in [0.3, 0.4) is 0 Å². The topological polar surface area (TPSA) is 52.6 Å². The summed E-state index contributed by atoms with van der Waals surface area (Å²) in [5, 5.41) is 0. The van der Waals surface area contributed by atoms with Crippen LogP contribution in [0.25, 0.3) is 0 Å². The number of rotatable bonds is 3. The minimum absolute atomic E-state index is 0.173. The first-order chi connectivity index (χ1) is 7.49. The first-order valence-electron chi connectivity index (χ1n) is 4.99. The summed E-state index contributed by atoms with van der Waals surface area (Å²) in [6.07, 6.45) is 0. The lowest BCUT2D eigenvalue weighted by Gasteiger charge is -2.07. The molecule has 0 heterocycles. The average Bonchev–Trinajstić information content (AvgIpc) is 2.20. The number of esters is 2. The third-order valence-corrected chi connectivity index (χ3v) is 1.78. The van der Waals surface area contributed by atoms with E-state index in [1.54, 1.807) is 38.1 Å². The fraction of sp³-hybridized carbons (Fsp3) is 0.333. The van der Waals surface area contributed by atoms with Crippen molar-refractivity contribution in [1.29, 1.82) is 0 Å². The minimum atomic E-state index is -0.382. The molecule has 0 N–H and O–H groups in total. The van der Waals surface area contributed by atoms with E-state index in [4.69, 9.17) is 9.47 Å². The van der Waals surface area contributed by atoms with Crippen LogP contribution in [-0.2, 0) is 9.59 Å². The van der Waals surface area contributed by atoms with Gasteiger partial charge in [0.05, 0.1) is 5.92 Å². The number of carbonyl (C=O) groups excluding carboxylic acids is 2. The SMILES string of the molecule is CC(=O)Oc1ccc(OC(=O)C(C)C)cc1. The van der Waals surface area contributed by atoms with E-state index in [0.29, 0.717) is 11.5 Å². The van der Waals surface area contributed by atoms with Gasteiger partial charge in [-0.1, -0.05) is 13.8 Å². The van der Waals surface area contributed by atoms with E-state index >= 15 is 0 Å². The molecule has 0 aliphatic carbocycles. The Hall–Kier alpha value is -1.84. The summed E-state index contributed by atoms with van der Waals surface area (Å²) in [7, 11) is 0. The number of hydrogen-bond acceptors (Lipinski definition) is 4. The molecule has 1 aromatic rings. The van der Waals surface area contributed by atoms with Gasteiger partial charge in [-0.3, -0.25) is 9.59 Å². The van der Waals surface area contributed by atoms with Crippen LogP contribution in [0.1, 0.15) is 20.8 Å². The van der Waals surface area contributed by atoms with Gasteiger partial charge in [0.25, 0.3) is 0 Å². The van der Waals surface area contributed by atoms with Gasteiger partial charge in [-0.2, -0.15) is 0 Å². The average molecular weight is 222 g/mol. The first kappa shape index (κ1) is 12.2. The van der Waals surface area contributed by atoms with Crippen molar-refractivity contribution in [2.24, 2.45) is 5.92 Å². The normalized spacial score (nSPS) is 10.0. The highest BCUT2D eigenvalue weighted by molar-refractivity contribution is 5.74. The Morgan fingerprint density at radius 1 is 1.00 bits per heavy atom. The molecule has 16 heavy (non-hydrogen) atoms. The lowest BCUT2D eigenvalue weighted by Crippen LogP contribution is -2.14. The zero-order valence-electron chi connectivity index (χ0n) is 9.52. The predicted molar refractivity (Wildman–Crippen MR) is 58.2 cm³/mol. The maximum atomic E-state index is 11.3. The maximum Gasteiger partial charge on any atom is 0.313 e. The quantitative estimate of drug-likeness (QED) is 0.581. The molecule has 0 aliphatic heterocycles. The van der Waals surface area contributed by atoms with Crippen LogP contribution >= 0.6 is 0 Å². The minimum Gasteiger partial charge on any atom is -0.427 e. The molecule has 0 amide bonds. The number of benzene rings is 1. The van der Waals surface area contributed by atoms with Crippen molar-refractivity contribution in [3.63, 3.8) is 0 Å². The lowest BCUT2D eigenvalue weighted by molar-refractivity contribution is -0.137. The molecule has 0 unspecified atom stereocenters. The van der Waals surface area contributed by atoms with Gasteiger partial charge in [0.15, 0.2) is 0 Å². The van der Waals surface area contributed by atoms with Crippen LogP contribution in [0.4, 0.5) is 0 Å². The fourth-order valence-corrected chi connectivity index (χ4v) is 0.976. The smallest absolute Gasteiger partial charge is 0.313 e. The summed E-state index contributed by atoms with van der Waals surface area (Å²) in [6, 6.07) is 6.31. The lowest BCUT2D eigenvalue weighted by atomic mass is 10.2. The predicted octanol–water partition coefficient (Wildman–Crippen LogP) is 2.17. The number of hydrogen-bond donors (Lipinski definition) is 0. The molecule has 0 aliphatic rings. The van der Waals surface area contributed by atoms with Crippen LogP contribution < -0.4 is 9.47 Å². The van der Waals surface area contributed by atoms with Gasteiger partial charge in [-0.25, -0.2) is 0 Å². The van der Waals surface area contributed by atoms with E-state index in [2.05, 4.69) is 0 Å². The standard InChI is InChI=1S/C12H14O4/c1-8(2)12(14)16-11-6-4-10(5-7-11)15-9(3)13/h4-8H,1-3H3. The van der Waals surface area contributed by atoms with Crippen LogP contribution in [0.2, 0.25) is 0 Å². The Bertz CT molecular complexity index is 379. The molecule has 4 nitrogen and oxygen atoms in total. The number of ether oxygens (including phenoxy) is 2. The highest BCUT2D eigenvalue weighted by Gasteiger charge is 2.09. The van der Waals surface area contributed by atoms with Gasteiger partial charge in [0, 0.05) is 6.92 Å². The summed E-state index contributed by atoms with van der Waals surface area (Å²) >= 11 is 0. The monoisotopic (exact) mass is 222 g/mol. The van der Waals surface area contributed by atoms with E-state index in [-0.39, 0.29) is 17.9 Å². The highest BCUT2D eigenvalue weighted by atomic mass is 16.5. The van der Waals surface area contributed by atoms with Gasteiger partial charge in [-0.15, -0.1) is 0 Å². The zero-order valence-corrected chi connectivity index (χ0v) is 9.52. The van der Waals surface area contributed by atoms with E-state index in [0.717, 1.165) is 0 Å². The zero-order chi connectivity index (χ0) is 12.1. The van der Waals surface area contributed by atoms with Gasteiger partial charge < -0.3 is 9.47 Å².